The zero-order valence-electron chi connectivity index (χ0n) is 18.9. The van der Waals surface area contributed by atoms with E-state index in [4.69, 9.17) is 22.2 Å². The molecular formula is C24H22F4N4O2S. The molecule has 6 nitrogen and oxygen atoms in total. The second-order valence-corrected chi connectivity index (χ2v) is 8.81. The van der Waals surface area contributed by atoms with Crippen molar-refractivity contribution in [2.24, 2.45) is 0 Å². The van der Waals surface area contributed by atoms with E-state index in [1.54, 1.807) is 18.0 Å². The number of hydrogen-bond acceptors (Lipinski definition) is 5. The molecule has 1 aliphatic carbocycles. The first kappa shape index (κ1) is 25.0. The van der Waals surface area contributed by atoms with Gasteiger partial charge in [0, 0.05) is 18.4 Å². The van der Waals surface area contributed by atoms with Crippen molar-refractivity contribution in [1.29, 1.82) is 5.26 Å². The summed E-state index contributed by atoms with van der Waals surface area (Å²) in [7, 11) is 3.05. The first-order valence-corrected chi connectivity index (χ1v) is 11.3. The third-order valence-corrected chi connectivity index (χ3v) is 6.92. The molecule has 1 heterocycles. The zero-order valence-corrected chi connectivity index (χ0v) is 19.8. The summed E-state index contributed by atoms with van der Waals surface area (Å²) < 4.78 is 61.0. The van der Waals surface area contributed by atoms with Gasteiger partial charge in [0.25, 0.3) is 5.91 Å². The Kier molecular flexibility index (Phi) is 6.57. The number of ether oxygens (including phenoxy) is 1. The van der Waals surface area contributed by atoms with E-state index in [0.29, 0.717) is 31.4 Å². The Balaban J connectivity index is 1.82. The maximum Gasteiger partial charge on any atom is 0.417 e. The fourth-order valence-corrected chi connectivity index (χ4v) is 5.40. The van der Waals surface area contributed by atoms with Crippen LogP contribution in [0, 0.1) is 17.1 Å². The van der Waals surface area contributed by atoms with Crippen LogP contribution in [0.1, 0.15) is 48.6 Å². The van der Waals surface area contributed by atoms with Gasteiger partial charge in [-0.25, -0.2) is 4.39 Å². The number of nitrogens with zero attached hydrogens (tertiary/aromatic N) is 3. The zero-order chi connectivity index (χ0) is 25.5. The standard InChI is InChI=1S/C24H22F4N4O2S/c1-30-20(34-2)17-8-7-16(12-19(17)25)32-22(35)31(21(33)23(32)9-3-4-10-23)15-6-5-14(13-29)18(11-15)24(26,27)28/h5-8,11-12,20,30H,3-4,9-10H2,1-2H3. The van der Waals surface area contributed by atoms with Crippen LogP contribution in [-0.4, -0.2) is 30.7 Å². The van der Waals surface area contributed by atoms with Crippen LogP contribution in [0.5, 0.6) is 0 Å². The molecule has 1 saturated carbocycles. The minimum absolute atomic E-state index is 0.0428. The molecular weight excluding hydrogens is 484 g/mol. The van der Waals surface area contributed by atoms with E-state index >= 15 is 4.39 Å². The minimum Gasteiger partial charge on any atom is -0.362 e. The molecule has 35 heavy (non-hydrogen) atoms. The summed E-state index contributed by atoms with van der Waals surface area (Å²) in [6.07, 6.45) is -3.21. The van der Waals surface area contributed by atoms with Crippen molar-refractivity contribution in [3.05, 3.63) is 58.9 Å². The second kappa shape index (κ2) is 9.18. The van der Waals surface area contributed by atoms with Gasteiger partial charge in [-0.3, -0.25) is 15.0 Å². The van der Waals surface area contributed by atoms with Gasteiger partial charge >= 0.3 is 6.18 Å². The van der Waals surface area contributed by atoms with Gasteiger partial charge in [-0.15, -0.1) is 0 Å². The van der Waals surface area contributed by atoms with Crippen molar-refractivity contribution < 1.29 is 27.1 Å². The first-order chi connectivity index (χ1) is 16.6. The molecule has 2 aliphatic rings. The number of amides is 1. The predicted molar refractivity (Wildman–Crippen MR) is 125 cm³/mol. The topological polar surface area (TPSA) is 68.6 Å². The number of benzene rings is 2. The van der Waals surface area contributed by atoms with Crippen molar-refractivity contribution in [2.75, 3.05) is 24.0 Å². The summed E-state index contributed by atoms with van der Waals surface area (Å²) in [5.74, 6) is -1.05. The number of rotatable bonds is 5. The maximum atomic E-state index is 15.1. The number of carbonyl (C=O) groups excluding carboxylic acids is 1. The minimum atomic E-state index is -4.79. The van der Waals surface area contributed by atoms with Crippen molar-refractivity contribution in [3.63, 3.8) is 0 Å². The number of nitrogens with one attached hydrogen (secondary N) is 1. The van der Waals surface area contributed by atoms with E-state index < -0.39 is 40.8 Å². The third kappa shape index (κ3) is 4.05. The molecule has 184 valence electrons. The van der Waals surface area contributed by atoms with E-state index in [-0.39, 0.29) is 16.4 Å². The van der Waals surface area contributed by atoms with Crippen LogP contribution >= 0.6 is 12.2 Å². The monoisotopic (exact) mass is 506 g/mol. The van der Waals surface area contributed by atoms with Crippen LogP contribution in [0.15, 0.2) is 36.4 Å². The highest BCUT2D eigenvalue weighted by molar-refractivity contribution is 7.81. The predicted octanol–water partition coefficient (Wildman–Crippen LogP) is 5.03. The molecule has 1 N–H and O–H groups in total. The summed E-state index contributed by atoms with van der Waals surface area (Å²) in [6, 6.07) is 8.97. The molecule has 0 aromatic heterocycles. The Morgan fingerprint density at radius 2 is 1.83 bits per heavy atom. The number of halogens is 4. The number of thiocarbonyl (C=S) groups is 1. The summed E-state index contributed by atoms with van der Waals surface area (Å²) in [6.45, 7) is 0. The van der Waals surface area contributed by atoms with Crippen LogP contribution in [0.4, 0.5) is 28.9 Å². The van der Waals surface area contributed by atoms with E-state index in [2.05, 4.69) is 5.32 Å². The first-order valence-electron chi connectivity index (χ1n) is 10.9. The van der Waals surface area contributed by atoms with Gasteiger partial charge in [0.05, 0.1) is 22.9 Å². The number of nitriles is 1. The van der Waals surface area contributed by atoms with Gasteiger partial charge in [-0.2, -0.15) is 18.4 Å². The lowest BCUT2D eigenvalue weighted by Gasteiger charge is -2.33. The van der Waals surface area contributed by atoms with Crippen molar-refractivity contribution in [2.45, 2.75) is 43.6 Å². The molecule has 2 aromatic rings. The molecule has 1 unspecified atom stereocenters. The van der Waals surface area contributed by atoms with Crippen LogP contribution in [0.25, 0.3) is 0 Å². The largest absolute Gasteiger partial charge is 0.417 e. The summed E-state index contributed by atoms with van der Waals surface area (Å²) in [4.78, 5) is 16.3. The summed E-state index contributed by atoms with van der Waals surface area (Å²) in [5, 5.41) is 11.9. The lowest BCUT2D eigenvalue weighted by atomic mass is 9.94. The van der Waals surface area contributed by atoms with Gasteiger partial charge in [-0.05, 0) is 62.4 Å². The van der Waals surface area contributed by atoms with Gasteiger partial charge in [-0.1, -0.05) is 18.9 Å². The molecule has 11 heteroatoms. The van der Waals surface area contributed by atoms with Crippen molar-refractivity contribution >= 4 is 34.6 Å². The Bertz CT molecular complexity index is 1220. The van der Waals surface area contributed by atoms with Gasteiger partial charge in [0.1, 0.15) is 17.6 Å². The highest BCUT2D eigenvalue weighted by atomic mass is 32.1. The van der Waals surface area contributed by atoms with Crippen LogP contribution in [0.2, 0.25) is 0 Å². The van der Waals surface area contributed by atoms with Crippen molar-refractivity contribution in [3.8, 4) is 6.07 Å². The number of methoxy groups -OCH3 is 1. The molecule has 0 bridgehead atoms. The number of alkyl halides is 3. The molecule has 1 atom stereocenters. The lowest BCUT2D eigenvalue weighted by molar-refractivity contribution is -0.137. The SMILES string of the molecule is CNC(OC)c1ccc(N2C(=S)N(c3ccc(C#N)c(C(F)(F)F)c3)C(=O)C23CCCC3)cc1F. The molecule has 4 rings (SSSR count). The molecule has 2 aromatic carbocycles. The number of hydrogen-bond donors (Lipinski definition) is 1. The quantitative estimate of drug-likeness (QED) is 0.349. The maximum absolute atomic E-state index is 15.1. The summed E-state index contributed by atoms with van der Waals surface area (Å²) in [5.41, 5.74) is -2.34. The van der Waals surface area contributed by atoms with Crippen LogP contribution in [0.3, 0.4) is 0 Å². The average molecular weight is 507 g/mol. The molecule has 1 aliphatic heterocycles. The van der Waals surface area contributed by atoms with E-state index in [1.807, 2.05) is 0 Å². The average Bonchev–Trinajstić information content (AvgIpc) is 3.38. The normalized spacial score (nSPS) is 18.4. The highest BCUT2D eigenvalue weighted by Gasteiger charge is 2.57. The molecule has 1 amide bonds. The van der Waals surface area contributed by atoms with E-state index in [0.717, 1.165) is 17.0 Å². The highest BCUT2D eigenvalue weighted by Crippen LogP contribution is 2.47. The second-order valence-electron chi connectivity index (χ2n) is 8.45. The van der Waals surface area contributed by atoms with Crippen LogP contribution < -0.4 is 15.1 Å². The summed E-state index contributed by atoms with van der Waals surface area (Å²) >= 11 is 5.61. The van der Waals surface area contributed by atoms with Gasteiger partial charge in [0.15, 0.2) is 5.11 Å². The third-order valence-electron chi connectivity index (χ3n) is 6.55. The molecule has 1 spiro atoms. The van der Waals surface area contributed by atoms with Gasteiger partial charge in [0.2, 0.25) is 0 Å². The molecule has 0 radical (unpaired) electrons. The Morgan fingerprint density at radius 1 is 1.17 bits per heavy atom. The lowest BCUT2D eigenvalue weighted by Crippen LogP contribution is -2.47. The number of carbonyl (C=O) groups is 1. The van der Waals surface area contributed by atoms with E-state index in [9.17, 15) is 18.0 Å². The van der Waals surface area contributed by atoms with Crippen molar-refractivity contribution in [1.82, 2.24) is 5.32 Å². The fraction of sp³-hybridized carbons (Fsp3) is 0.375. The Labute approximate surface area is 205 Å². The van der Waals surface area contributed by atoms with Crippen LogP contribution in [-0.2, 0) is 15.7 Å². The Morgan fingerprint density at radius 3 is 2.37 bits per heavy atom. The molecule has 2 fully saturated rings. The van der Waals surface area contributed by atoms with E-state index in [1.165, 1.54) is 31.4 Å². The van der Waals surface area contributed by atoms with Gasteiger partial charge < -0.3 is 9.64 Å². The fourth-order valence-electron chi connectivity index (χ4n) is 4.93. The smallest absolute Gasteiger partial charge is 0.362 e. The number of anilines is 2. The Hall–Kier alpha value is -3.07. The molecule has 1 saturated heterocycles.